The molecule has 1 atom stereocenters. The summed E-state index contributed by atoms with van der Waals surface area (Å²) >= 11 is 3.21. The van der Waals surface area contributed by atoms with E-state index in [9.17, 15) is 4.39 Å². The Labute approximate surface area is 128 Å². The Balaban J connectivity index is 1.96. The molecule has 2 aromatic carbocycles. The van der Waals surface area contributed by atoms with Crippen LogP contribution in [0.5, 0.6) is 5.75 Å². The monoisotopic (exact) mass is 347 g/mol. The average Bonchev–Trinajstić information content (AvgIpc) is 3.00. The van der Waals surface area contributed by atoms with Crippen LogP contribution in [0.4, 0.5) is 10.3 Å². The number of aromatic nitrogens is 2. The van der Waals surface area contributed by atoms with E-state index in [0.29, 0.717) is 22.5 Å². The van der Waals surface area contributed by atoms with Gasteiger partial charge in [-0.3, -0.25) is 4.57 Å². The molecule has 4 nitrogen and oxygen atoms in total. The first-order chi connectivity index (χ1) is 10.1. The maximum Gasteiger partial charge on any atom is 0.201 e. The minimum Gasteiger partial charge on any atom is -0.491 e. The van der Waals surface area contributed by atoms with Gasteiger partial charge in [0, 0.05) is 11.6 Å². The van der Waals surface area contributed by atoms with Crippen molar-refractivity contribution in [1.82, 2.24) is 9.55 Å². The number of rotatable bonds is 1. The zero-order chi connectivity index (χ0) is 14.6. The van der Waals surface area contributed by atoms with Crippen molar-refractivity contribution in [2.75, 3.05) is 12.3 Å². The van der Waals surface area contributed by atoms with Gasteiger partial charge in [-0.1, -0.05) is 18.2 Å². The lowest BCUT2D eigenvalue weighted by atomic mass is 10.1. The molecule has 1 aromatic heterocycles. The number of benzene rings is 2. The fourth-order valence-corrected chi connectivity index (χ4v) is 3.13. The van der Waals surface area contributed by atoms with E-state index in [1.165, 1.54) is 6.07 Å². The molecule has 106 valence electrons. The lowest BCUT2D eigenvalue weighted by Crippen LogP contribution is -2.14. The van der Waals surface area contributed by atoms with Gasteiger partial charge in [-0.05, 0) is 28.1 Å². The van der Waals surface area contributed by atoms with Gasteiger partial charge < -0.3 is 10.5 Å². The highest BCUT2D eigenvalue weighted by molar-refractivity contribution is 9.10. The van der Waals surface area contributed by atoms with Crippen molar-refractivity contribution in [3.8, 4) is 5.75 Å². The summed E-state index contributed by atoms with van der Waals surface area (Å²) in [5.74, 6) is 0.855. The Morgan fingerprint density at radius 2 is 2.14 bits per heavy atom. The number of nitrogen functional groups attached to an aromatic ring is 1. The topological polar surface area (TPSA) is 53.1 Å². The largest absolute Gasteiger partial charge is 0.491 e. The minimum atomic E-state index is -0.352. The summed E-state index contributed by atoms with van der Waals surface area (Å²) in [5.41, 5.74) is 8.43. The number of nitrogens with zero attached hydrogens (tertiary/aromatic N) is 2. The molecule has 0 amide bonds. The zero-order valence-corrected chi connectivity index (χ0v) is 12.5. The molecule has 2 N–H and O–H groups in total. The summed E-state index contributed by atoms with van der Waals surface area (Å²) in [6.07, 6.45) is 0. The molecule has 6 heteroatoms. The van der Waals surface area contributed by atoms with Gasteiger partial charge in [-0.15, -0.1) is 0 Å². The van der Waals surface area contributed by atoms with Crippen LogP contribution >= 0.6 is 15.9 Å². The normalized spacial score (nSPS) is 17.0. The maximum absolute atomic E-state index is 13.6. The number of nitrogens with two attached hydrogens (primary N) is 1. The van der Waals surface area contributed by atoms with Gasteiger partial charge in [0.05, 0.1) is 21.5 Å². The third-order valence-electron chi connectivity index (χ3n) is 3.75. The Bertz CT molecular complexity index is 861. The van der Waals surface area contributed by atoms with Gasteiger partial charge in [0.1, 0.15) is 18.2 Å². The van der Waals surface area contributed by atoms with Crippen LogP contribution in [0.15, 0.2) is 40.9 Å². The Morgan fingerprint density at radius 1 is 1.33 bits per heavy atom. The van der Waals surface area contributed by atoms with Crippen LogP contribution < -0.4 is 10.5 Å². The van der Waals surface area contributed by atoms with Gasteiger partial charge in [-0.25, -0.2) is 9.37 Å². The predicted molar refractivity (Wildman–Crippen MR) is 81.9 cm³/mol. The lowest BCUT2D eigenvalue weighted by Gasteiger charge is -2.14. The van der Waals surface area contributed by atoms with Crippen LogP contribution in [0.1, 0.15) is 11.6 Å². The Morgan fingerprint density at radius 3 is 3.00 bits per heavy atom. The number of hydrogen-bond donors (Lipinski definition) is 1. The molecule has 0 aliphatic carbocycles. The second kappa shape index (κ2) is 4.46. The molecule has 3 aromatic rings. The van der Waals surface area contributed by atoms with Crippen molar-refractivity contribution in [3.63, 3.8) is 0 Å². The number of para-hydroxylation sites is 1. The standard InChI is InChI=1S/C15H11BrFN3O/c16-9-5-12-11(6-10(9)17)19-15(18)20(12)13-7-21-14-4-2-1-3-8(13)14/h1-6,13H,7H2,(H2,18,19). The summed E-state index contributed by atoms with van der Waals surface area (Å²) in [5, 5.41) is 0. The molecule has 2 heterocycles. The van der Waals surface area contributed by atoms with Gasteiger partial charge in [0.15, 0.2) is 0 Å². The van der Waals surface area contributed by atoms with E-state index in [1.807, 2.05) is 28.8 Å². The number of hydrogen-bond acceptors (Lipinski definition) is 3. The summed E-state index contributed by atoms with van der Waals surface area (Å²) in [6.45, 7) is 0.490. The van der Waals surface area contributed by atoms with Gasteiger partial charge in [0.25, 0.3) is 0 Å². The van der Waals surface area contributed by atoms with Crippen LogP contribution in [-0.4, -0.2) is 16.2 Å². The van der Waals surface area contributed by atoms with E-state index < -0.39 is 0 Å². The first-order valence-corrected chi connectivity index (χ1v) is 7.28. The fraction of sp³-hybridized carbons (Fsp3) is 0.133. The van der Waals surface area contributed by atoms with Crippen LogP contribution in [0, 0.1) is 5.82 Å². The molecule has 1 aliphatic heterocycles. The fourth-order valence-electron chi connectivity index (χ4n) is 2.80. The van der Waals surface area contributed by atoms with Crippen LogP contribution in [-0.2, 0) is 0 Å². The predicted octanol–water partition coefficient (Wildman–Crippen LogP) is 3.50. The van der Waals surface area contributed by atoms with E-state index in [4.69, 9.17) is 10.5 Å². The maximum atomic E-state index is 13.6. The molecule has 0 spiro atoms. The third kappa shape index (κ3) is 1.82. The van der Waals surface area contributed by atoms with E-state index in [-0.39, 0.29) is 11.9 Å². The molecule has 1 unspecified atom stereocenters. The molecule has 21 heavy (non-hydrogen) atoms. The first-order valence-electron chi connectivity index (χ1n) is 6.49. The van der Waals surface area contributed by atoms with E-state index in [2.05, 4.69) is 20.9 Å². The summed E-state index contributed by atoms with van der Waals surface area (Å²) < 4.78 is 21.6. The second-order valence-electron chi connectivity index (χ2n) is 4.96. The number of anilines is 1. The first kappa shape index (κ1) is 12.6. The van der Waals surface area contributed by atoms with Crippen LogP contribution in [0.3, 0.4) is 0 Å². The summed E-state index contributed by atoms with van der Waals surface area (Å²) in [6, 6.07) is 10.9. The molecule has 0 radical (unpaired) electrons. The highest BCUT2D eigenvalue weighted by atomic mass is 79.9. The van der Waals surface area contributed by atoms with Crippen LogP contribution in [0.25, 0.3) is 11.0 Å². The van der Waals surface area contributed by atoms with E-state index in [1.54, 1.807) is 6.07 Å². The SMILES string of the molecule is Nc1nc2cc(F)c(Br)cc2n1C1COc2ccccc21. The molecular formula is C15H11BrFN3O. The molecule has 0 bridgehead atoms. The van der Waals surface area contributed by atoms with Gasteiger partial charge >= 0.3 is 0 Å². The second-order valence-corrected chi connectivity index (χ2v) is 5.81. The Hall–Kier alpha value is -2.08. The Kier molecular flexibility index (Phi) is 2.68. The van der Waals surface area contributed by atoms with Crippen molar-refractivity contribution in [2.45, 2.75) is 6.04 Å². The lowest BCUT2D eigenvalue weighted by molar-refractivity contribution is 0.320. The number of ether oxygens (including phenoxy) is 1. The van der Waals surface area contributed by atoms with Crippen molar-refractivity contribution in [2.24, 2.45) is 0 Å². The molecular weight excluding hydrogens is 337 g/mol. The average molecular weight is 348 g/mol. The number of imidazole rings is 1. The molecule has 1 aliphatic rings. The zero-order valence-electron chi connectivity index (χ0n) is 10.9. The highest BCUT2D eigenvalue weighted by Crippen LogP contribution is 2.38. The molecule has 4 rings (SSSR count). The highest BCUT2D eigenvalue weighted by Gasteiger charge is 2.28. The number of fused-ring (bicyclic) bond motifs is 2. The minimum absolute atomic E-state index is 0.0523. The quantitative estimate of drug-likeness (QED) is 0.732. The van der Waals surface area contributed by atoms with Crippen molar-refractivity contribution >= 4 is 32.9 Å². The third-order valence-corrected chi connectivity index (χ3v) is 4.35. The summed E-state index contributed by atoms with van der Waals surface area (Å²) in [4.78, 5) is 4.26. The molecule has 0 saturated heterocycles. The van der Waals surface area contributed by atoms with Crippen molar-refractivity contribution in [1.29, 1.82) is 0 Å². The smallest absolute Gasteiger partial charge is 0.201 e. The summed E-state index contributed by atoms with van der Waals surface area (Å²) in [7, 11) is 0. The number of halogens is 2. The van der Waals surface area contributed by atoms with Gasteiger partial charge in [-0.2, -0.15) is 0 Å². The van der Waals surface area contributed by atoms with Crippen LogP contribution in [0.2, 0.25) is 0 Å². The van der Waals surface area contributed by atoms with Gasteiger partial charge in [0.2, 0.25) is 5.95 Å². The van der Waals surface area contributed by atoms with E-state index in [0.717, 1.165) is 16.8 Å². The van der Waals surface area contributed by atoms with Crippen molar-refractivity contribution < 1.29 is 9.13 Å². The molecule has 0 saturated carbocycles. The molecule has 0 fully saturated rings. The van der Waals surface area contributed by atoms with Crippen molar-refractivity contribution in [3.05, 3.63) is 52.3 Å². The van der Waals surface area contributed by atoms with E-state index >= 15 is 0 Å².